The molecule has 1 unspecified atom stereocenters. The number of carbonyl (C=O) groups excluding carboxylic acids is 3. The van der Waals surface area contributed by atoms with E-state index in [1.807, 2.05) is 13.8 Å². The van der Waals surface area contributed by atoms with Gasteiger partial charge in [-0.2, -0.15) is 13.2 Å². The molecule has 0 radical (unpaired) electrons. The molecule has 0 aliphatic heterocycles. The molecule has 2 N–H and O–H groups in total. The van der Waals surface area contributed by atoms with Gasteiger partial charge >= 0.3 is 12.1 Å². The number of nitrogens with one attached hydrogen (secondary N) is 2. The summed E-state index contributed by atoms with van der Waals surface area (Å²) in [4.78, 5) is 36.1. The largest absolute Gasteiger partial charge is 0.451 e. The summed E-state index contributed by atoms with van der Waals surface area (Å²) in [6.07, 6.45) is -5.82. The molecule has 0 heterocycles. The lowest BCUT2D eigenvalue weighted by Gasteiger charge is -2.15. The second-order valence-corrected chi connectivity index (χ2v) is 6.68. The number of alkyl halides is 3. The second kappa shape index (κ2) is 9.43. The predicted molar refractivity (Wildman–Crippen MR) is 104 cm³/mol. The Morgan fingerprint density at radius 1 is 1.03 bits per heavy atom. The van der Waals surface area contributed by atoms with Gasteiger partial charge in [-0.15, -0.1) is 0 Å². The molecule has 0 aromatic heterocycles. The number of ether oxygens (including phenoxy) is 1. The summed E-state index contributed by atoms with van der Waals surface area (Å²) < 4.78 is 43.1. The van der Waals surface area contributed by atoms with E-state index in [1.54, 1.807) is 18.2 Å². The Labute approximate surface area is 171 Å². The number of carbonyl (C=O) groups is 3. The van der Waals surface area contributed by atoms with Gasteiger partial charge in [0, 0.05) is 11.3 Å². The third-order valence-electron chi connectivity index (χ3n) is 4.30. The minimum absolute atomic E-state index is 0.0826. The maximum Gasteiger partial charge on any atom is 0.416 e. The molecule has 0 aliphatic rings. The summed E-state index contributed by atoms with van der Waals surface area (Å²) in [5.74, 6) is -2.14. The molecular formula is C21H21F3N2O4. The van der Waals surface area contributed by atoms with Gasteiger partial charge in [-0.05, 0) is 62.2 Å². The molecule has 2 aromatic rings. The van der Waals surface area contributed by atoms with Crippen molar-refractivity contribution in [1.82, 2.24) is 5.32 Å². The average Bonchev–Trinajstić information content (AvgIpc) is 2.67. The van der Waals surface area contributed by atoms with Gasteiger partial charge in [-0.3, -0.25) is 14.4 Å². The summed E-state index contributed by atoms with van der Waals surface area (Å²) >= 11 is 0. The maximum absolute atomic E-state index is 12.7. The van der Waals surface area contributed by atoms with Gasteiger partial charge < -0.3 is 15.4 Å². The fraction of sp³-hybridized carbons (Fsp3) is 0.286. The van der Waals surface area contributed by atoms with Gasteiger partial charge in [0.05, 0.1) is 5.56 Å². The highest BCUT2D eigenvalue weighted by Crippen LogP contribution is 2.30. The highest BCUT2D eigenvalue weighted by molar-refractivity contribution is 5.97. The quantitative estimate of drug-likeness (QED) is 0.697. The molecule has 9 heteroatoms. The van der Waals surface area contributed by atoms with E-state index in [0.717, 1.165) is 29.3 Å². The van der Waals surface area contributed by atoms with Crippen LogP contribution in [0.25, 0.3) is 0 Å². The topological polar surface area (TPSA) is 84.5 Å². The van der Waals surface area contributed by atoms with Gasteiger partial charge in [0.25, 0.3) is 11.8 Å². The van der Waals surface area contributed by atoms with Crippen molar-refractivity contribution in [1.29, 1.82) is 0 Å². The monoisotopic (exact) mass is 422 g/mol. The minimum atomic E-state index is -4.55. The van der Waals surface area contributed by atoms with E-state index in [-0.39, 0.29) is 5.69 Å². The van der Waals surface area contributed by atoms with Crippen LogP contribution in [0.2, 0.25) is 0 Å². The molecule has 0 saturated heterocycles. The van der Waals surface area contributed by atoms with E-state index in [9.17, 15) is 27.6 Å². The van der Waals surface area contributed by atoms with Crippen LogP contribution < -0.4 is 10.6 Å². The molecule has 1 atom stereocenters. The van der Waals surface area contributed by atoms with Crippen LogP contribution in [0.15, 0.2) is 42.5 Å². The van der Waals surface area contributed by atoms with Crippen LogP contribution in [0.5, 0.6) is 0 Å². The molecule has 0 bridgehead atoms. The molecule has 2 amide bonds. The van der Waals surface area contributed by atoms with Crippen molar-refractivity contribution in [2.75, 3.05) is 11.9 Å². The van der Waals surface area contributed by atoms with Crippen molar-refractivity contribution in [3.63, 3.8) is 0 Å². The summed E-state index contributed by atoms with van der Waals surface area (Å²) in [5.41, 5.74) is 1.32. The van der Waals surface area contributed by atoms with E-state index in [0.29, 0.717) is 5.56 Å². The maximum atomic E-state index is 12.7. The first-order chi connectivity index (χ1) is 14.0. The lowest BCUT2D eigenvalue weighted by atomic mass is 10.1. The highest BCUT2D eigenvalue weighted by atomic mass is 19.4. The molecule has 2 aromatic carbocycles. The zero-order chi connectivity index (χ0) is 22.5. The number of halogens is 3. The second-order valence-electron chi connectivity index (χ2n) is 6.68. The lowest BCUT2D eigenvalue weighted by molar-refractivity contribution is -0.152. The Hall–Kier alpha value is -3.36. The smallest absolute Gasteiger partial charge is 0.416 e. The predicted octanol–water partition coefficient (Wildman–Crippen LogP) is 3.62. The number of anilines is 1. The van der Waals surface area contributed by atoms with Gasteiger partial charge in [-0.25, -0.2) is 0 Å². The molecule has 6 nitrogen and oxygen atoms in total. The lowest BCUT2D eigenvalue weighted by Crippen LogP contribution is -2.35. The SMILES string of the molecule is Cc1ccc(C(=O)NCC(=O)OC(C)C(=O)Nc2cccc(C(F)(F)F)c2)cc1C. The third-order valence-corrected chi connectivity index (χ3v) is 4.30. The zero-order valence-electron chi connectivity index (χ0n) is 16.6. The number of aryl methyl sites for hydroxylation is 2. The van der Waals surface area contributed by atoms with Crippen LogP contribution in [-0.2, 0) is 20.5 Å². The van der Waals surface area contributed by atoms with Gasteiger partial charge in [0.2, 0.25) is 0 Å². The number of esters is 1. The molecule has 0 fully saturated rings. The first kappa shape index (κ1) is 22.9. The number of rotatable bonds is 6. The first-order valence-electron chi connectivity index (χ1n) is 9.00. The van der Waals surface area contributed by atoms with E-state index in [1.165, 1.54) is 13.0 Å². The normalized spacial score (nSPS) is 12.1. The number of benzene rings is 2. The standard InChI is InChI=1S/C21H21F3N2O4/c1-12-7-8-15(9-13(12)2)20(29)25-11-18(27)30-14(3)19(28)26-17-6-4-5-16(10-17)21(22,23)24/h4-10,14H,11H2,1-3H3,(H,25,29)(H,26,28). The van der Waals surface area contributed by atoms with Crippen molar-refractivity contribution in [3.05, 3.63) is 64.7 Å². The van der Waals surface area contributed by atoms with Crippen LogP contribution >= 0.6 is 0 Å². The van der Waals surface area contributed by atoms with E-state index in [4.69, 9.17) is 4.74 Å². The van der Waals surface area contributed by atoms with Crippen LogP contribution in [0.4, 0.5) is 18.9 Å². The molecule has 0 spiro atoms. The van der Waals surface area contributed by atoms with Crippen molar-refractivity contribution in [2.45, 2.75) is 33.1 Å². The Bertz CT molecular complexity index is 958. The van der Waals surface area contributed by atoms with E-state index >= 15 is 0 Å². The zero-order valence-corrected chi connectivity index (χ0v) is 16.6. The number of hydrogen-bond acceptors (Lipinski definition) is 4. The minimum Gasteiger partial charge on any atom is -0.451 e. The fourth-order valence-corrected chi connectivity index (χ4v) is 2.45. The van der Waals surface area contributed by atoms with Crippen molar-refractivity contribution >= 4 is 23.5 Å². The Balaban J connectivity index is 1.87. The number of hydrogen-bond donors (Lipinski definition) is 2. The molecule has 0 saturated carbocycles. The van der Waals surface area contributed by atoms with Crippen LogP contribution in [0.1, 0.15) is 34.0 Å². The molecule has 160 valence electrons. The third kappa shape index (κ3) is 6.33. The van der Waals surface area contributed by atoms with Crippen molar-refractivity contribution in [3.8, 4) is 0 Å². The highest BCUT2D eigenvalue weighted by Gasteiger charge is 2.30. The van der Waals surface area contributed by atoms with Crippen molar-refractivity contribution in [2.24, 2.45) is 0 Å². The van der Waals surface area contributed by atoms with E-state index in [2.05, 4.69) is 10.6 Å². The van der Waals surface area contributed by atoms with Gasteiger partial charge in [0.15, 0.2) is 6.10 Å². The van der Waals surface area contributed by atoms with Gasteiger partial charge in [0.1, 0.15) is 6.54 Å². The first-order valence-corrected chi connectivity index (χ1v) is 9.00. The summed E-state index contributed by atoms with van der Waals surface area (Å²) in [6, 6.07) is 9.16. The van der Waals surface area contributed by atoms with Crippen LogP contribution in [0, 0.1) is 13.8 Å². The molecular weight excluding hydrogens is 401 g/mol. The average molecular weight is 422 g/mol. The summed E-state index contributed by atoms with van der Waals surface area (Å²) in [6.45, 7) is 4.56. The Morgan fingerprint density at radius 2 is 1.73 bits per heavy atom. The fourth-order valence-electron chi connectivity index (χ4n) is 2.45. The van der Waals surface area contributed by atoms with Crippen LogP contribution in [-0.4, -0.2) is 30.4 Å². The van der Waals surface area contributed by atoms with Crippen LogP contribution in [0.3, 0.4) is 0 Å². The number of amides is 2. The van der Waals surface area contributed by atoms with E-state index < -0.39 is 42.2 Å². The van der Waals surface area contributed by atoms with Crippen molar-refractivity contribution < 1.29 is 32.3 Å². The Kier molecular flexibility index (Phi) is 7.20. The Morgan fingerprint density at radius 3 is 2.37 bits per heavy atom. The molecule has 2 rings (SSSR count). The summed E-state index contributed by atoms with van der Waals surface area (Å²) in [5, 5.41) is 4.65. The summed E-state index contributed by atoms with van der Waals surface area (Å²) in [7, 11) is 0. The molecule has 0 aliphatic carbocycles. The van der Waals surface area contributed by atoms with Gasteiger partial charge in [-0.1, -0.05) is 12.1 Å². The molecule has 30 heavy (non-hydrogen) atoms.